The Balaban J connectivity index is 0.00000625. The van der Waals surface area contributed by atoms with Gasteiger partial charge in [0.25, 0.3) is 0 Å². The molecule has 0 aliphatic rings. The first-order chi connectivity index (χ1) is 12.1. The highest BCUT2D eigenvalue weighted by Gasteiger charge is 2.06. The van der Waals surface area contributed by atoms with Crippen molar-refractivity contribution in [1.82, 2.24) is 10.6 Å². The number of halogens is 2. The SMILES string of the molecule is CN=C(NCCCOCCOC)NCC(=O)Nc1cc(Br)ccc1C.I. The second-order valence-corrected chi connectivity index (χ2v) is 6.23. The van der Waals surface area contributed by atoms with Crippen LogP contribution in [-0.4, -0.2) is 58.9 Å². The third-order valence-corrected chi connectivity index (χ3v) is 3.80. The summed E-state index contributed by atoms with van der Waals surface area (Å²) in [6, 6.07) is 5.76. The van der Waals surface area contributed by atoms with Gasteiger partial charge in [-0.25, -0.2) is 0 Å². The van der Waals surface area contributed by atoms with Gasteiger partial charge in [-0.3, -0.25) is 9.79 Å². The van der Waals surface area contributed by atoms with Gasteiger partial charge >= 0.3 is 0 Å². The van der Waals surface area contributed by atoms with Crippen LogP contribution in [0.3, 0.4) is 0 Å². The molecule has 26 heavy (non-hydrogen) atoms. The van der Waals surface area contributed by atoms with Crippen LogP contribution < -0.4 is 16.0 Å². The lowest BCUT2D eigenvalue weighted by Crippen LogP contribution is -2.41. The van der Waals surface area contributed by atoms with Gasteiger partial charge in [0, 0.05) is 37.5 Å². The summed E-state index contributed by atoms with van der Waals surface area (Å²) >= 11 is 3.40. The quantitative estimate of drug-likeness (QED) is 0.183. The van der Waals surface area contributed by atoms with Gasteiger partial charge < -0.3 is 25.4 Å². The number of ether oxygens (including phenoxy) is 2. The number of aryl methyl sites for hydroxylation is 1. The molecule has 0 fully saturated rings. The third-order valence-electron chi connectivity index (χ3n) is 3.30. The summed E-state index contributed by atoms with van der Waals surface area (Å²) in [5.74, 6) is 0.449. The number of anilines is 1. The Morgan fingerprint density at radius 1 is 1.23 bits per heavy atom. The van der Waals surface area contributed by atoms with Crippen LogP contribution in [0.25, 0.3) is 0 Å². The highest BCUT2D eigenvalue weighted by molar-refractivity contribution is 14.0. The van der Waals surface area contributed by atoms with E-state index in [1.54, 1.807) is 14.2 Å². The number of nitrogens with one attached hydrogen (secondary N) is 3. The molecule has 1 amide bonds. The first-order valence-electron chi connectivity index (χ1n) is 8.14. The van der Waals surface area contributed by atoms with E-state index >= 15 is 0 Å². The van der Waals surface area contributed by atoms with Gasteiger partial charge in [0.05, 0.1) is 19.8 Å². The van der Waals surface area contributed by atoms with Gasteiger partial charge in [0.15, 0.2) is 5.96 Å². The summed E-state index contributed by atoms with van der Waals surface area (Å²) in [5.41, 5.74) is 1.80. The molecule has 0 aliphatic carbocycles. The Hall–Kier alpha value is -0.910. The molecule has 0 unspecified atom stereocenters. The number of rotatable bonds is 10. The molecule has 9 heteroatoms. The zero-order valence-electron chi connectivity index (χ0n) is 15.4. The van der Waals surface area contributed by atoms with Crippen molar-refractivity contribution in [2.24, 2.45) is 4.99 Å². The lowest BCUT2D eigenvalue weighted by Gasteiger charge is -2.13. The first kappa shape index (κ1) is 25.1. The zero-order chi connectivity index (χ0) is 18.5. The number of hydrogen-bond acceptors (Lipinski definition) is 4. The zero-order valence-corrected chi connectivity index (χ0v) is 19.3. The fraction of sp³-hybridized carbons (Fsp3) is 0.529. The average Bonchev–Trinajstić information content (AvgIpc) is 2.60. The second kappa shape index (κ2) is 15.2. The third kappa shape index (κ3) is 10.9. The van der Waals surface area contributed by atoms with E-state index in [0.29, 0.717) is 32.3 Å². The van der Waals surface area contributed by atoms with Crippen LogP contribution in [-0.2, 0) is 14.3 Å². The molecule has 0 heterocycles. The van der Waals surface area contributed by atoms with E-state index in [1.807, 2.05) is 25.1 Å². The molecule has 7 nitrogen and oxygen atoms in total. The summed E-state index contributed by atoms with van der Waals surface area (Å²) in [6.07, 6.45) is 0.841. The maximum Gasteiger partial charge on any atom is 0.243 e. The number of methoxy groups -OCH3 is 1. The van der Waals surface area contributed by atoms with Gasteiger partial charge in [-0.1, -0.05) is 22.0 Å². The standard InChI is InChI=1S/C17H27BrN4O3.HI/c1-13-5-6-14(18)11-15(13)22-16(23)12-21-17(19-2)20-7-4-8-25-10-9-24-3;/h5-6,11H,4,7-10,12H2,1-3H3,(H,22,23)(H2,19,20,21);1H. The Morgan fingerprint density at radius 2 is 2.00 bits per heavy atom. The molecule has 3 N–H and O–H groups in total. The van der Waals surface area contributed by atoms with Crippen molar-refractivity contribution in [3.63, 3.8) is 0 Å². The Labute approximate surface area is 180 Å². The minimum Gasteiger partial charge on any atom is -0.382 e. The lowest BCUT2D eigenvalue weighted by atomic mass is 10.2. The molecule has 148 valence electrons. The minimum absolute atomic E-state index is 0. The summed E-state index contributed by atoms with van der Waals surface area (Å²) < 4.78 is 11.2. The molecule has 1 aromatic carbocycles. The fourth-order valence-corrected chi connectivity index (χ4v) is 2.29. The van der Waals surface area contributed by atoms with E-state index in [0.717, 1.165) is 22.1 Å². The van der Waals surface area contributed by atoms with Gasteiger partial charge in [0.1, 0.15) is 0 Å². The average molecular weight is 543 g/mol. The molecular weight excluding hydrogens is 515 g/mol. The van der Waals surface area contributed by atoms with Crippen LogP contribution in [0.15, 0.2) is 27.7 Å². The summed E-state index contributed by atoms with van der Waals surface area (Å²) in [7, 11) is 3.31. The van der Waals surface area contributed by atoms with E-state index in [9.17, 15) is 4.79 Å². The number of amides is 1. The smallest absolute Gasteiger partial charge is 0.243 e. The molecular formula is C17H28BrIN4O3. The predicted molar refractivity (Wildman–Crippen MR) is 120 cm³/mol. The number of guanidine groups is 1. The number of carbonyl (C=O) groups excluding carboxylic acids is 1. The molecule has 1 rings (SSSR count). The van der Waals surface area contributed by atoms with E-state index in [-0.39, 0.29) is 36.4 Å². The Bertz CT molecular complexity index is 573. The molecule has 0 saturated carbocycles. The van der Waals surface area contributed by atoms with Crippen LogP contribution in [0.4, 0.5) is 5.69 Å². The highest BCUT2D eigenvalue weighted by atomic mass is 127. The number of carbonyl (C=O) groups is 1. The van der Waals surface area contributed by atoms with Gasteiger partial charge in [-0.15, -0.1) is 24.0 Å². The van der Waals surface area contributed by atoms with Crippen LogP contribution in [0.5, 0.6) is 0 Å². The normalized spacial score (nSPS) is 10.8. The van der Waals surface area contributed by atoms with Crippen molar-refractivity contribution in [3.05, 3.63) is 28.2 Å². The monoisotopic (exact) mass is 542 g/mol. The van der Waals surface area contributed by atoms with Gasteiger partial charge in [0.2, 0.25) is 5.91 Å². The lowest BCUT2D eigenvalue weighted by molar-refractivity contribution is -0.115. The van der Waals surface area contributed by atoms with Gasteiger partial charge in [-0.2, -0.15) is 0 Å². The molecule has 0 radical (unpaired) electrons. The fourth-order valence-electron chi connectivity index (χ4n) is 1.93. The van der Waals surface area contributed by atoms with Crippen LogP contribution in [0.1, 0.15) is 12.0 Å². The van der Waals surface area contributed by atoms with Crippen molar-refractivity contribution in [3.8, 4) is 0 Å². The minimum atomic E-state index is -0.132. The van der Waals surface area contributed by atoms with E-state index in [1.165, 1.54) is 0 Å². The number of aliphatic imine (C=N–C) groups is 1. The van der Waals surface area contributed by atoms with Crippen LogP contribution in [0, 0.1) is 6.92 Å². The molecule has 0 spiro atoms. The van der Waals surface area contributed by atoms with Crippen molar-refractivity contribution in [2.75, 3.05) is 52.4 Å². The molecule has 0 aromatic heterocycles. The van der Waals surface area contributed by atoms with Crippen molar-refractivity contribution in [1.29, 1.82) is 0 Å². The topological polar surface area (TPSA) is 84.0 Å². The summed E-state index contributed by atoms with van der Waals surface area (Å²) in [5, 5.41) is 9.01. The predicted octanol–water partition coefficient (Wildman–Crippen LogP) is 2.53. The van der Waals surface area contributed by atoms with Crippen molar-refractivity contribution >= 4 is 57.5 Å². The largest absolute Gasteiger partial charge is 0.382 e. The van der Waals surface area contributed by atoms with Crippen LogP contribution in [0.2, 0.25) is 0 Å². The molecule has 0 atom stereocenters. The first-order valence-corrected chi connectivity index (χ1v) is 8.93. The number of hydrogen-bond donors (Lipinski definition) is 3. The Kier molecular flexibility index (Phi) is 14.6. The van der Waals surface area contributed by atoms with Crippen molar-refractivity contribution < 1.29 is 14.3 Å². The van der Waals surface area contributed by atoms with E-state index < -0.39 is 0 Å². The second-order valence-electron chi connectivity index (χ2n) is 5.32. The van der Waals surface area contributed by atoms with Crippen LogP contribution >= 0.6 is 39.9 Å². The summed E-state index contributed by atoms with van der Waals surface area (Å²) in [4.78, 5) is 16.2. The van der Waals surface area contributed by atoms with E-state index in [4.69, 9.17) is 9.47 Å². The van der Waals surface area contributed by atoms with Crippen molar-refractivity contribution in [2.45, 2.75) is 13.3 Å². The number of nitrogens with zero attached hydrogens (tertiary/aromatic N) is 1. The maximum absolute atomic E-state index is 12.1. The van der Waals surface area contributed by atoms with Gasteiger partial charge in [-0.05, 0) is 31.0 Å². The number of benzene rings is 1. The summed E-state index contributed by atoms with van der Waals surface area (Å²) in [6.45, 7) is 4.64. The molecule has 0 saturated heterocycles. The maximum atomic E-state index is 12.1. The molecule has 1 aromatic rings. The highest BCUT2D eigenvalue weighted by Crippen LogP contribution is 2.20. The molecule has 0 aliphatic heterocycles. The van der Waals surface area contributed by atoms with E-state index in [2.05, 4.69) is 36.9 Å². The molecule has 0 bridgehead atoms. The Morgan fingerprint density at radius 3 is 2.69 bits per heavy atom.